The topological polar surface area (TPSA) is 65.7 Å². The average molecular weight is 584 g/mol. The monoisotopic (exact) mass is 581 g/mol. The molecule has 1 heterocycles. The number of benzene rings is 2. The van der Waals surface area contributed by atoms with Crippen LogP contribution >= 0.6 is 43.5 Å². The highest BCUT2D eigenvalue weighted by atomic mass is 79.9. The van der Waals surface area contributed by atoms with Gasteiger partial charge in [-0.1, -0.05) is 47.1 Å². The van der Waals surface area contributed by atoms with E-state index in [1.54, 1.807) is 24.4 Å². The summed E-state index contributed by atoms with van der Waals surface area (Å²) in [6, 6.07) is 7.19. The van der Waals surface area contributed by atoms with E-state index in [0.717, 1.165) is 10.9 Å². The van der Waals surface area contributed by atoms with E-state index in [9.17, 15) is 4.79 Å². The Labute approximate surface area is 208 Å². The maximum Gasteiger partial charge on any atom is 0.282 e. The second-order valence-electron chi connectivity index (χ2n) is 6.75. The summed E-state index contributed by atoms with van der Waals surface area (Å²) in [6.45, 7) is 8.28. The zero-order chi connectivity index (χ0) is 23.3. The van der Waals surface area contributed by atoms with Crippen molar-refractivity contribution in [3.05, 3.63) is 72.6 Å². The van der Waals surface area contributed by atoms with Crippen molar-refractivity contribution in [2.75, 3.05) is 13.2 Å². The van der Waals surface area contributed by atoms with Crippen molar-refractivity contribution in [3.8, 4) is 11.5 Å². The second-order valence-corrected chi connectivity index (χ2v) is 8.84. The molecule has 0 fully saturated rings. The zero-order valence-corrected chi connectivity index (χ0v) is 21.6. The Morgan fingerprint density at radius 2 is 2.03 bits per heavy atom. The standard InChI is InChI=1S/C23H22Br2ClN3O3/c1-4-7-19-28-17-9-8-15(24)12-16(17)23(30)29(19)27-13-14-11-18(31-6-3)22(32-10-5-2)21(26)20(14)25/h5,8-9,11-13H,2,4,6-7,10H2,1,3H3. The first-order valence-corrected chi connectivity index (χ1v) is 12.0. The lowest BCUT2D eigenvalue weighted by atomic mass is 10.2. The Hall–Kier alpha value is -2.16. The zero-order valence-electron chi connectivity index (χ0n) is 17.7. The molecule has 0 aliphatic rings. The molecule has 0 aliphatic carbocycles. The van der Waals surface area contributed by atoms with Crippen LogP contribution in [0.1, 0.15) is 31.7 Å². The number of fused-ring (bicyclic) bond motifs is 1. The molecule has 6 nitrogen and oxygen atoms in total. The van der Waals surface area contributed by atoms with Gasteiger partial charge in [0.2, 0.25) is 0 Å². The molecule has 0 saturated carbocycles. The molecule has 0 amide bonds. The minimum atomic E-state index is -0.241. The minimum absolute atomic E-state index is 0.241. The Morgan fingerprint density at radius 3 is 2.72 bits per heavy atom. The molecule has 3 aromatic rings. The Kier molecular flexibility index (Phi) is 8.51. The van der Waals surface area contributed by atoms with Gasteiger partial charge in [-0.2, -0.15) is 9.78 Å². The molecule has 3 rings (SSSR count). The third-order valence-corrected chi connectivity index (χ3v) is 6.40. The van der Waals surface area contributed by atoms with E-state index in [1.165, 1.54) is 4.68 Å². The second kappa shape index (κ2) is 11.1. The highest BCUT2D eigenvalue weighted by molar-refractivity contribution is 9.10. The van der Waals surface area contributed by atoms with Crippen LogP contribution in [0.2, 0.25) is 5.02 Å². The first kappa shape index (κ1) is 24.5. The molecule has 32 heavy (non-hydrogen) atoms. The van der Waals surface area contributed by atoms with Crippen LogP contribution in [0.4, 0.5) is 0 Å². The van der Waals surface area contributed by atoms with E-state index in [2.05, 4.69) is 48.5 Å². The number of rotatable bonds is 9. The summed E-state index contributed by atoms with van der Waals surface area (Å²) in [4.78, 5) is 17.8. The number of nitrogens with zero attached hydrogens (tertiary/aromatic N) is 3. The summed E-state index contributed by atoms with van der Waals surface area (Å²) in [7, 11) is 0. The summed E-state index contributed by atoms with van der Waals surface area (Å²) in [5.74, 6) is 1.48. The van der Waals surface area contributed by atoms with Gasteiger partial charge in [0.05, 0.1) is 23.7 Å². The molecule has 0 aliphatic heterocycles. The fraction of sp³-hybridized carbons (Fsp3) is 0.261. The number of aryl methyl sites for hydroxylation is 1. The van der Waals surface area contributed by atoms with Gasteiger partial charge in [-0.3, -0.25) is 4.79 Å². The largest absolute Gasteiger partial charge is 0.490 e. The lowest BCUT2D eigenvalue weighted by Crippen LogP contribution is -2.22. The molecule has 168 valence electrons. The molecule has 9 heteroatoms. The van der Waals surface area contributed by atoms with E-state index >= 15 is 0 Å². The van der Waals surface area contributed by atoms with Crippen molar-refractivity contribution in [2.45, 2.75) is 26.7 Å². The SMILES string of the molecule is C=CCOc1c(OCC)cc(C=Nn2c(CCC)nc3ccc(Br)cc3c2=O)c(Br)c1Cl. The minimum Gasteiger partial charge on any atom is -0.490 e. The molecule has 0 radical (unpaired) electrons. The molecule has 0 bridgehead atoms. The van der Waals surface area contributed by atoms with Gasteiger partial charge in [0, 0.05) is 20.9 Å². The van der Waals surface area contributed by atoms with Gasteiger partial charge < -0.3 is 9.47 Å². The normalized spacial score (nSPS) is 11.3. The van der Waals surface area contributed by atoms with Crippen LogP contribution in [0.5, 0.6) is 11.5 Å². The predicted octanol–water partition coefficient (Wildman–Crippen LogP) is 6.37. The molecule has 0 saturated heterocycles. The van der Waals surface area contributed by atoms with E-state index in [4.69, 9.17) is 21.1 Å². The number of halogens is 3. The van der Waals surface area contributed by atoms with Crippen LogP contribution < -0.4 is 15.0 Å². The van der Waals surface area contributed by atoms with Gasteiger partial charge in [0.1, 0.15) is 17.5 Å². The van der Waals surface area contributed by atoms with Crippen LogP contribution in [0.15, 0.2) is 55.8 Å². The van der Waals surface area contributed by atoms with Crippen molar-refractivity contribution in [1.82, 2.24) is 9.66 Å². The van der Waals surface area contributed by atoms with Crippen molar-refractivity contribution in [2.24, 2.45) is 5.10 Å². The van der Waals surface area contributed by atoms with E-state index in [-0.39, 0.29) is 12.2 Å². The molecular weight excluding hydrogens is 562 g/mol. The Bertz CT molecular complexity index is 1240. The maximum atomic E-state index is 13.2. The average Bonchev–Trinajstić information content (AvgIpc) is 2.77. The number of hydrogen-bond donors (Lipinski definition) is 0. The fourth-order valence-electron chi connectivity index (χ4n) is 3.06. The van der Waals surface area contributed by atoms with Gasteiger partial charge >= 0.3 is 0 Å². The Balaban J connectivity index is 2.14. The van der Waals surface area contributed by atoms with Crippen LogP contribution in [-0.2, 0) is 6.42 Å². The van der Waals surface area contributed by atoms with E-state index in [1.807, 2.05) is 26.0 Å². The van der Waals surface area contributed by atoms with Crippen LogP contribution in [-0.4, -0.2) is 29.1 Å². The summed E-state index contributed by atoms with van der Waals surface area (Å²) in [5, 5.41) is 5.30. The van der Waals surface area contributed by atoms with E-state index in [0.29, 0.717) is 56.3 Å². The quantitative estimate of drug-likeness (QED) is 0.217. The van der Waals surface area contributed by atoms with Crippen LogP contribution in [0.3, 0.4) is 0 Å². The summed E-state index contributed by atoms with van der Waals surface area (Å²) >= 11 is 13.4. The number of hydrogen-bond acceptors (Lipinski definition) is 5. The highest BCUT2D eigenvalue weighted by Gasteiger charge is 2.17. The van der Waals surface area contributed by atoms with Gasteiger partial charge in [-0.05, 0) is 53.5 Å². The summed E-state index contributed by atoms with van der Waals surface area (Å²) in [6.07, 6.45) is 4.62. The predicted molar refractivity (Wildman–Crippen MR) is 137 cm³/mol. The fourth-order valence-corrected chi connectivity index (χ4v) is 4.07. The number of aromatic nitrogens is 2. The van der Waals surface area contributed by atoms with Gasteiger partial charge in [0.15, 0.2) is 11.5 Å². The molecule has 0 N–H and O–H groups in total. The molecule has 0 atom stereocenters. The molecule has 2 aromatic carbocycles. The maximum absolute atomic E-state index is 13.2. The Morgan fingerprint density at radius 1 is 1.25 bits per heavy atom. The van der Waals surface area contributed by atoms with E-state index < -0.39 is 0 Å². The van der Waals surface area contributed by atoms with Crippen LogP contribution in [0.25, 0.3) is 10.9 Å². The third-order valence-electron chi connectivity index (χ3n) is 4.46. The number of ether oxygens (including phenoxy) is 2. The van der Waals surface area contributed by atoms with Gasteiger partial charge in [-0.25, -0.2) is 4.98 Å². The first-order valence-electron chi connectivity index (χ1n) is 10.0. The molecular formula is C23H22Br2ClN3O3. The van der Waals surface area contributed by atoms with Crippen molar-refractivity contribution >= 4 is 60.6 Å². The molecule has 0 spiro atoms. The summed E-state index contributed by atoms with van der Waals surface area (Å²) in [5.41, 5.74) is 1.03. The van der Waals surface area contributed by atoms with Gasteiger partial charge in [-0.15, -0.1) is 0 Å². The molecule has 1 aromatic heterocycles. The van der Waals surface area contributed by atoms with Gasteiger partial charge in [0.25, 0.3) is 5.56 Å². The lowest BCUT2D eigenvalue weighted by molar-refractivity contribution is 0.297. The third kappa shape index (κ3) is 5.24. The smallest absolute Gasteiger partial charge is 0.282 e. The molecule has 0 unspecified atom stereocenters. The van der Waals surface area contributed by atoms with Crippen molar-refractivity contribution < 1.29 is 9.47 Å². The van der Waals surface area contributed by atoms with Crippen LogP contribution in [0, 0.1) is 0 Å². The lowest BCUT2D eigenvalue weighted by Gasteiger charge is -2.15. The summed E-state index contributed by atoms with van der Waals surface area (Å²) < 4.78 is 14.1. The first-order chi connectivity index (χ1) is 15.4. The van der Waals surface area contributed by atoms with Crippen molar-refractivity contribution in [1.29, 1.82) is 0 Å². The highest BCUT2D eigenvalue weighted by Crippen LogP contribution is 2.42. The van der Waals surface area contributed by atoms with Crippen molar-refractivity contribution in [3.63, 3.8) is 0 Å².